The van der Waals surface area contributed by atoms with Crippen molar-refractivity contribution in [2.24, 2.45) is 0 Å². The van der Waals surface area contributed by atoms with Crippen LogP contribution in [0.25, 0.3) is 32.7 Å². The summed E-state index contributed by atoms with van der Waals surface area (Å²) < 4.78 is 97.5. The Morgan fingerprint density at radius 3 is 1.35 bits per heavy atom. The Morgan fingerprint density at radius 2 is 1.03 bits per heavy atom. The number of imide groups is 1. The van der Waals surface area contributed by atoms with Crippen LogP contribution in [0.2, 0.25) is 0 Å². The predicted molar refractivity (Wildman–Crippen MR) is 247 cm³/mol. The Hall–Kier alpha value is -7.08. The first-order valence-electron chi connectivity index (χ1n) is 21.6. The number of aliphatic hydroxyl groups excluding tert-OH is 1. The van der Waals surface area contributed by atoms with Gasteiger partial charge in [0.05, 0.1) is 28.0 Å². The molecule has 9 rings (SSSR count). The van der Waals surface area contributed by atoms with Gasteiger partial charge in [-0.15, -0.1) is 0 Å². The number of carbonyl (C=O) groups is 6. The number of nitrogens with one attached hydrogen (secondary N) is 1. The second-order valence-corrected chi connectivity index (χ2v) is 17.5. The molecule has 5 heterocycles. The predicted octanol–water partition coefficient (Wildman–Crippen LogP) is 10.2. The zero-order valence-electron chi connectivity index (χ0n) is 39.3. The molecule has 0 bridgehead atoms. The van der Waals surface area contributed by atoms with E-state index >= 15 is 0 Å². The number of carbonyl (C=O) groups excluding carboxylic acids is 6. The lowest BCUT2D eigenvalue weighted by Gasteiger charge is -2.43. The molecule has 69 heavy (non-hydrogen) atoms. The average molecular weight is 962 g/mol. The SMILES string of the molecule is C/C=C1/C(=O)OC2(/C1=C/C)c1ccc3c4c(ccc3c1Oc1c2ccc2c3c(ccc12)N(C(=O)C(F)(F)F)C(C)(C)C=C3C)N(C(=O)C(F)(F)F)C(C)(C)C=C4C.CC=O.CO.O=C1CCC(=O)N1. The number of hydrogen-bond donors (Lipinski definition) is 2. The largest absolute Gasteiger partial charge is 0.471 e. The molecule has 0 aromatic heterocycles. The van der Waals surface area contributed by atoms with Crippen LogP contribution in [-0.2, 0) is 39.1 Å². The Kier molecular flexibility index (Phi) is 13.5. The highest BCUT2D eigenvalue weighted by molar-refractivity contribution is 6.13. The standard InChI is InChI=1S/C44H36F6N2O5.C4H5NO2.C2H4O.CH4O/c1-9-23-28(10-2)42(57-37(23)53)29-15-11-24-26(13-17-31-33(24)21(3)19-40(5,6)51(31)38(54)43(45,46)47)35(29)56-36-27-14-18-32-34(25(27)12-16-30(36)42)22(4)20-41(7,8)52(32)39(55)44(48,49)50;6-3-1-2-4(7)5-3;1-2-3;1-2/h9-20H,1-8H3;1-2H2,(H,5,6,7);2H,1H3;2H,1H3/b23-9+,28-10+;;;. The van der Waals surface area contributed by atoms with Gasteiger partial charge in [0.15, 0.2) is 5.60 Å². The molecule has 5 aliphatic heterocycles. The van der Waals surface area contributed by atoms with Crippen molar-refractivity contribution in [1.82, 2.24) is 5.32 Å². The third-order valence-corrected chi connectivity index (χ3v) is 12.2. The first-order chi connectivity index (χ1) is 32.2. The molecule has 2 N–H and O–H groups in total. The molecule has 4 aromatic carbocycles. The van der Waals surface area contributed by atoms with E-state index < -0.39 is 46.8 Å². The number of allylic oxidation sites excluding steroid dienone is 4. The van der Waals surface area contributed by atoms with Crippen LogP contribution in [0.5, 0.6) is 11.5 Å². The van der Waals surface area contributed by atoms with Crippen LogP contribution in [0.15, 0.2) is 84.0 Å². The van der Waals surface area contributed by atoms with E-state index in [4.69, 9.17) is 19.4 Å². The summed E-state index contributed by atoms with van der Waals surface area (Å²) in [4.78, 5) is 70.1. The minimum atomic E-state index is -5.15. The molecule has 364 valence electrons. The number of aliphatic hydroxyl groups is 1. The lowest BCUT2D eigenvalue weighted by molar-refractivity contribution is -0.171. The van der Waals surface area contributed by atoms with Gasteiger partial charge < -0.3 is 19.4 Å². The molecule has 2 fully saturated rings. The van der Waals surface area contributed by atoms with Crippen molar-refractivity contribution in [2.45, 2.75) is 104 Å². The number of aldehydes is 1. The summed E-state index contributed by atoms with van der Waals surface area (Å²) in [7, 11) is 1.00. The van der Waals surface area contributed by atoms with Crippen molar-refractivity contribution in [3.8, 4) is 11.5 Å². The molecule has 18 heteroatoms. The van der Waals surface area contributed by atoms with E-state index in [1.807, 2.05) is 0 Å². The maximum Gasteiger partial charge on any atom is 0.471 e. The van der Waals surface area contributed by atoms with Gasteiger partial charge in [0.25, 0.3) is 0 Å². The van der Waals surface area contributed by atoms with E-state index in [0.29, 0.717) is 78.9 Å². The summed E-state index contributed by atoms with van der Waals surface area (Å²) in [5.74, 6) is -4.49. The number of alkyl halides is 6. The minimum absolute atomic E-state index is 0.0542. The van der Waals surface area contributed by atoms with Crippen molar-refractivity contribution >= 4 is 80.0 Å². The molecule has 12 nitrogen and oxygen atoms in total. The van der Waals surface area contributed by atoms with Crippen LogP contribution in [0.4, 0.5) is 37.7 Å². The maximum absolute atomic E-state index is 14.0. The van der Waals surface area contributed by atoms with Crippen molar-refractivity contribution < 1.29 is 69.7 Å². The molecule has 0 radical (unpaired) electrons. The average Bonchev–Trinajstić information content (AvgIpc) is 3.79. The smallest absolute Gasteiger partial charge is 0.455 e. The molecular weight excluding hydrogens is 913 g/mol. The molecule has 0 atom stereocenters. The molecule has 4 amide bonds. The number of halogens is 6. The van der Waals surface area contributed by atoms with Crippen LogP contribution < -0.4 is 19.9 Å². The number of amides is 4. The molecule has 5 aliphatic rings. The number of anilines is 2. The Bertz CT molecular complexity index is 2840. The summed E-state index contributed by atoms with van der Waals surface area (Å²) in [6.07, 6.45) is -2.21. The monoisotopic (exact) mass is 961 g/mol. The quantitative estimate of drug-likeness (QED) is 0.0575. The fourth-order valence-electron chi connectivity index (χ4n) is 9.99. The Morgan fingerprint density at radius 1 is 0.652 bits per heavy atom. The number of esters is 1. The molecular formula is C51H49F6N3O9. The van der Waals surface area contributed by atoms with Gasteiger partial charge in [-0.1, -0.05) is 36.4 Å². The third kappa shape index (κ3) is 8.37. The van der Waals surface area contributed by atoms with Crippen LogP contribution in [0, 0.1) is 0 Å². The number of ether oxygens (including phenoxy) is 2. The number of benzene rings is 4. The zero-order valence-corrected chi connectivity index (χ0v) is 39.3. The summed E-state index contributed by atoms with van der Waals surface area (Å²) in [6, 6.07) is 12.9. The first-order valence-corrected chi connectivity index (χ1v) is 21.6. The molecule has 0 aliphatic carbocycles. The Balaban J connectivity index is 0.000000581. The second-order valence-electron chi connectivity index (χ2n) is 17.5. The van der Waals surface area contributed by atoms with Gasteiger partial charge in [-0.25, -0.2) is 4.79 Å². The van der Waals surface area contributed by atoms with Gasteiger partial charge in [0.1, 0.15) is 17.8 Å². The number of nitrogens with zero attached hydrogens (tertiary/aromatic N) is 2. The zero-order chi connectivity index (χ0) is 51.5. The van der Waals surface area contributed by atoms with Crippen molar-refractivity contribution in [2.75, 3.05) is 16.9 Å². The third-order valence-electron chi connectivity index (χ3n) is 12.2. The van der Waals surface area contributed by atoms with Gasteiger partial charge in [-0.3, -0.25) is 34.3 Å². The van der Waals surface area contributed by atoms with Gasteiger partial charge in [0.2, 0.25) is 11.8 Å². The Labute approximate surface area is 392 Å². The van der Waals surface area contributed by atoms with E-state index in [-0.39, 0.29) is 34.7 Å². The molecule has 1 spiro atoms. The van der Waals surface area contributed by atoms with E-state index in [1.54, 1.807) is 88.4 Å². The first kappa shape index (κ1) is 51.3. The molecule has 0 saturated carbocycles. The minimum Gasteiger partial charge on any atom is -0.455 e. The van der Waals surface area contributed by atoms with E-state index in [2.05, 4.69) is 5.32 Å². The van der Waals surface area contributed by atoms with Crippen LogP contribution >= 0.6 is 0 Å². The number of rotatable bonds is 0. The van der Waals surface area contributed by atoms with Crippen LogP contribution in [0.3, 0.4) is 0 Å². The highest BCUT2D eigenvalue weighted by Gasteiger charge is 2.57. The van der Waals surface area contributed by atoms with Gasteiger partial charge in [0, 0.05) is 58.6 Å². The molecule has 4 aromatic rings. The summed E-state index contributed by atoms with van der Waals surface area (Å²) in [5.41, 5.74) is -0.456. The van der Waals surface area contributed by atoms with E-state index in [0.717, 1.165) is 23.2 Å². The summed E-state index contributed by atoms with van der Waals surface area (Å²) in [5, 5.41) is 11.0. The topological polar surface area (TPSA) is 160 Å². The summed E-state index contributed by atoms with van der Waals surface area (Å²) >= 11 is 0. The van der Waals surface area contributed by atoms with Gasteiger partial charge >= 0.3 is 30.1 Å². The fourth-order valence-corrected chi connectivity index (χ4v) is 9.99. The highest BCUT2D eigenvalue weighted by atomic mass is 19.4. The van der Waals surface area contributed by atoms with Crippen molar-refractivity contribution in [1.29, 1.82) is 0 Å². The van der Waals surface area contributed by atoms with E-state index in [1.165, 1.54) is 46.8 Å². The van der Waals surface area contributed by atoms with Crippen molar-refractivity contribution in [3.63, 3.8) is 0 Å². The highest BCUT2D eigenvalue weighted by Crippen LogP contribution is 2.61. The lowest BCUT2D eigenvalue weighted by Crippen LogP contribution is -2.53. The second kappa shape index (κ2) is 18.1. The van der Waals surface area contributed by atoms with E-state index in [9.17, 15) is 50.3 Å². The van der Waals surface area contributed by atoms with Gasteiger partial charge in [-0.05, 0) is 121 Å². The van der Waals surface area contributed by atoms with Gasteiger partial charge in [-0.2, -0.15) is 26.3 Å². The number of fused-ring (bicyclic) bond motifs is 12. The fraction of sp³-hybridized carbons (Fsp3) is 0.333. The normalized spacial score (nSPS) is 19.2. The summed E-state index contributed by atoms with van der Waals surface area (Å²) in [6.45, 7) is 14.5. The maximum atomic E-state index is 14.0. The van der Waals surface area contributed by atoms with Crippen LogP contribution in [0.1, 0.15) is 97.4 Å². The number of hydrogen-bond acceptors (Lipinski definition) is 9. The molecule has 2 saturated heterocycles. The van der Waals surface area contributed by atoms with Crippen LogP contribution in [-0.4, -0.2) is 71.5 Å². The lowest BCUT2D eigenvalue weighted by atomic mass is 9.74. The molecule has 0 unspecified atom stereocenters. The van der Waals surface area contributed by atoms with Crippen molar-refractivity contribution in [3.05, 3.63) is 106 Å².